The standard InChI is InChI=1S/C2H2N2O2.K.H/c3-1-2-4(5)6;;/h2H2;;/q;+1;-1. The summed E-state index contributed by atoms with van der Waals surface area (Å²) in [7, 11) is 0. The van der Waals surface area contributed by atoms with Gasteiger partial charge in [0.2, 0.25) is 0 Å². The van der Waals surface area contributed by atoms with Crippen LogP contribution in [0.4, 0.5) is 0 Å². The number of rotatable bonds is 1. The summed E-state index contributed by atoms with van der Waals surface area (Å²) < 4.78 is 0. The van der Waals surface area contributed by atoms with Crippen LogP contribution in [0.25, 0.3) is 0 Å². The smallest absolute Gasteiger partial charge is 1.00 e. The molecule has 7 heavy (non-hydrogen) atoms. The molecular weight excluding hydrogens is 123 g/mol. The molecule has 0 heterocycles. The minimum atomic E-state index is -0.681. The van der Waals surface area contributed by atoms with Crippen molar-refractivity contribution in [3.8, 4) is 6.07 Å². The SMILES string of the molecule is N#CC[N+](=O)[O-].[H-].[K+]. The van der Waals surface area contributed by atoms with Crippen LogP contribution in [0.3, 0.4) is 0 Å². The third kappa shape index (κ3) is 10.8. The van der Waals surface area contributed by atoms with Crippen LogP contribution in [0.5, 0.6) is 0 Å². The summed E-state index contributed by atoms with van der Waals surface area (Å²) in [5, 5.41) is 16.7. The molecule has 0 bridgehead atoms. The van der Waals surface area contributed by atoms with Crippen molar-refractivity contribution >= 4 is 0 Å². The van der Waals surface area contributed by atoms with E-state index in [1.807, 2.05) is 0 Å². The minimum absolute atomic E-state index is 0. The molecule has 0 aliphatic carbocycles. The quantitative estimate of drug-likeness (QED) is 0.162. The Hall–Kier alpha value is 0.526. The molecular formula is C2H3KN2O2. The zero-order valence-electron chi connectivity index (χ0n) is 4.92. The Labute approximate surface area is 84.6 Å². The second-order valence-electron chi connectivity index (χ2n) is 0.649. The van der Waals surface area contributed by atoms with Gasteiger partial charge in [-0.2, -0.15) is 5.26 Å². The molecule has 0 radical (unpaired) electrons. The Morgan fingerprint density at radius 1 is 2.00 bits per heavy atom. The van der Waals surface area contributed by atoms with Crippen LogP contribution in [0.2, 0.25) is 0 Å². The molecule has 0 aliphatic heterocycles. The first-order valence-electron chi connectivity index (χ1n) is 1.26. The van der Waals surface area contributed by atoms with Gasteiger partial charge < -0.3 is 1.43 Å². The summed E-state index contributed by atoms with van der Waals surface area (Å²) >= 11 is 0. The molecule has 0 aromatic carbocycles. The molecule has 5 heteroatoms. The maximum atomic E-state index is 9.18. The van der Waals surface area contributed by atoms with E-state index < -0.39 is 11.5 Å². The van der Waals surface area contributed by atoms with E-state index in [4.69, 9.17) is 5.26 Å². The summed E-state index contributed by atoms with van der Waals surface area (Å²) in [5.41, 5.74) is 0. The summed E-state index contributed by atoms with van der Waals surface area (Å²) in [5.74, 6) is 0. The van der Waals surface area contributed by atoms with Crippen LogP contribution >= 0.6 is 0 Å². The summed E-state index contributed by atoms with van der Waals surface area (Å²) in [4.78, 5) is 8.50. The molecule has 0 saturated carbocycles. The van der Waals surface area contributed by atoms with Crippen molar-refractivity contribution in [1.29, 1.82) is 5.26 Å². The number of nitrogens with zero attached hydrogens (tertiary/aromatic N) is 2. The van der Waals surface area contributed by atoms with Crippen molar-refractivity contribution in [1.82, 2.24) is 0 Å². The first-order chi connectivity index (χ1) is 2.77. The van der Waals surface area contributed by atoms with Crippen LogP contribution in [0.15, 0.2) is 0 Å². The van der Waals surface area contributed by atoms with Gasteiger partial charge in [0.25, 0.3) is 6.54 Å². The number of nitriles is 1. The molecule has 0 fully saturated rings. The third-order valence-electron chi connectivity index (χ3n) is 0.200. The van der Waals surface area contributed by atoms with Crippen LogP contribution in [0.1, 0.15) is 1.43 Å². The van der Waals surface area contributed by atoms with E-state index >= 15 is 0 Å². The molecule has 0 saturated heterocycles. The zero-order chi connectivity index (χ0) is 4.99. The van der Waals surface area contributed by atoms with Gasteiger partial charge in [-0.25, -0.2) is 0 Å². The number of hydrogen-bond donors (Lipinski definition) is 0. The molecule has 0 atom stereocenters. The molecule has 0 aliphatic rings. The molecule has 34 valence electrons. The summed E-state index contributed by atoms with van der Waals surface area (Å²) in [6.07, 6.45) is 0. The number of nitro groups is 1. The van der Waals surface area contributed by atoms with E-state index in [-0.39, 0.29) is 52.8 Å². The van der Waals surface area contributed by atoms with E-state index in [0.29, 0.717) is 0 Å². The van der Waals surface area contributed by atoms with Gasteiger partial charge >= 0.3 is 51.4 Å². The van der Waals surface area contributed by atoms with Crippen molar-refractivity contribution in [3.05, 3.63) is 10.1 Å². The molecule has 0 aromatic rings. The Balaban J connectivity index is -0.000000125. The topological polar surface area (TPSA) is 66.9 Å². The van der Waals surface area contributed by atoms with Gasteiger partial charge in [0, 0.05) is 4.92 Å². The van der Waals surface area contributed by atoms with E-state index in [0.717, 1.165) is 0 Å². The van der Waals surface area contributed by atoms with Gasteiger partial charge in [0.05, 0.1) is 0 Å². The van der Waals surface area contributed by atoms with Gasteiger partial charge in [0.15, 0.2) is 0 Å². The first-order valence-corrected chi connectivity index (χ1v) is 1.26. The summed E-state index contributed by atoms with van der Waals surface area (Å²) in [6.45, 7) is -0.597. The third-order valence-corrected chi connectivity index (χ3v) is 0.200. The van der Waals surface area contributed by atoms with Crippen molar-refractivity contribution in [2.75, 3.05) is 6.54 Å². The molecule has 0 N–H and O–H groups in total. The Morgan fingerprint density at radius 2 is 2.43 bits per heavy atom. The van der Waals surface area contributed by atoms with Crippen LogP contribution in [-0.2, 0) is 0 Å². The van der Waals surface area contributed by atoms with E-state index in [1.54, 1.807) is 0 Å². The van der Waals surface area contributed by atoms with Crippen LogP contribution in [-0.4, -0.2) is 11.5 Å². The van der Waals surface area contributed by atoms with Gasteiger partial charge in [0.1, 0.15) is 6.07 Å². The average molecular weight is 126 g/mol. The Morgan fingerprint density at radius 3 is 2.43 bits per heavy atom. The van der Waals surface area contributed by atoms with Crippen molar-refractivity contribution in [2.24, 2.45) is 0 Å². The van der Waals surface area contributed by atoms with E-state index in [2.05, 4.69) is 0 Å². The minimum Gasteiger partial charge on any atom is -1.00 e. The van der Waals surface area contributed by atoms with Crippen molar-refractivity contribution in [3.63, 3.8) is 0 Å². The van der Waals surface area contributed by atoms with Gasteiger partial charge in [-0.15, -0.1) is 0 Å². The van der Waals surface area contributed by atoms with Gasteiger partial charge in [-0.1, -0.05) is 0 Å². The Bertz CT molecular complexity index is 101. The van der Waals surface area contributed by atoms with Crippen LogP contribution in [0, 0.1) is 21.4 Å². The van der Waals surface area contributed by atoms with E-state index in [1.165, 1.54) is 6.07 Å². The molecule has 0 spiro atoms. The van der Waals surface area contributed by atoms with Crippen molar-refractivity contribution in [2.45, 2.75) is 0 Å². The van der Waals surface area contributed by atoms with E-state index in [9.17, 15) is 10.1 Å². The van der Waals surface area contributed by atoms with Gasteiger partial charge in [-0.3, -0.25) is 10.1 Å². The van der Waals surface area contributed by atoms with Crippen molar-refractivity contribution < 1.29 is 57.7 Å². The Kier molecular flexibility index (Phi) is 9.79. The van der Waals surface area contributed by atoms with Gasteiger partial charge in [-0.05, 0) is 0 Å². The first kappa shape index (κ1) is 10.5. The number of hydrogen-bond acceptors (Lipinski definition) is 3. The molecule has 0 aromatic heterocycles. The average Bonchev–Trinajstić information content (AvgIpc) is 1.35. The summed E-state index contributed by atoms with van der Waals surface area (Å²) in [6, 6.07) is 1.37. The fourth-order valence-electron chi connectivity index (χ4n) is 0.0577. The predicted octanol–water partition coefficient (Wildman–Crippen LogP) is -3.10. The second kappa shape index (κ2) is 6.53. The molecule has 0 unspecified atom stereocenters. The maximum absolute atomic E-state index is 9.18. The maximum Gasteiger partial charge on any atom is 1.00 e. The molecule has 4 nitrogen and oxygen atoms in total. The fourth-order valence-corrected chi connectivity index (χ4v) is 0.0577. The largest absolute Gasteiger partial charge is 1.00 e. The second-order valence-corrected chi connectivity index (χ2v) is 0.649. The van der Waals surface area contributed by atoms with Crippen LogP contribution < -0.4 is 51.4 Å². The monoisotopic (exact) mass is 126 g/mol. The normalized spacial score (nSPS) is 5.57. The molecule has 0 amide bonds. The zero-order valence-corrected chi connectivity index (χ0v) is 7.04. The predicted molar refractivity (Wildman–Crippen MR) is 18.6 cm³/mol. The fraction of sp³-hybridized carbons (Fsp3) is 0.500. The molecule has 0 rings (SSSR count).